The fourth-order valence-corrected chi connectivity index (χ4v) is 2.86. The van der Waals surface area contributed by atoms with Crippen molar-refractivity contribution >= 4 is 0 Å². The minimum absolute atomic E-state index is 0.103. The Morgan fingerprint density at radius 2 is 2.24 bits per heavy atom. The first-order valence-electron chi connectivity index (χ1n) is 6.64. The van der Waals surface area contributed by atoms with E-state index in [9.17, 15) is 0 Å². The Kier molecular flexibility index (Phi) is 3.89. The van der Waals surface area contributed by atoms with E-state index in [-0.39, 0.29) is 12.1 Å². The molecule has 2 heterocycles. The molecule has 0 amide bonds. The summed E-state index contributed by atoms with van der Waals surface area (Å²) in [5.41, 5.74) is 6.15. The third-order valence-corrected chi connectivity index (χ3v) is 3.63. The molecule has 1 aromatic heterocycles. The lowest BCUT2D eigenvalue weighted by Crippen LogP contribution is -2.44. The van der Waals surface area contributed by atoms with Gasteiger partial charge in [0.1, 0.15) is 11.5 Å². The van der Waals surface area contributed by atoms with E-state index in [1.54, 1.807) is 0 Å². The first kappa shape index (κ1) is 12.7. The number of furan rings is 1. The van der Waals surface area contributed by atoms with Gasteiger partial charge in [-0.1, -0.05) is 6.92 Å². The van der Waals surface area contributed by atoms with E-state index in [2.05, 4.69) is 24.8 Å². The molecule has 1 saturated heterocycles. The zero-order valence-corrected chi connectivity index (χ0v) is 11.1. The predicted octanol–water partition coefficient (Wildman–Crippen LogP) is 2.71. The molecule has 0 radical (unpaired) electrons. The number of rotatable bonds is 3. The smallest absolute Gasteiger partial charge is 0.122 e. The Morgan fingerprint density at radius 1 is 1.47 bits per heavy atom. The molecular weight excluding hydrogens is 212 g/mol. The van der Waals surface area contributed by atoms with Crippen molar-refractivity contribution < 1.29 is 4.42 Å². The molecule has 17 heavy (non-hydrogen) atoms. The number of hydrogen-bond donors (Lipinski definition) is 1. The maximum absolute atomic E-state index is 6.15. The molecule has 2 N–H and O–H groups in total. The minimum Gasteiger partial charge on any atom is -0.465 e. The van der Waals surface area contributed by atoms with Crippen LogP contribution in [0.15, 0.2) is 16.5 Å². The molecule has 3 atom stereocenters. The minimum atomic E-state index is 0.103. The first-order valence-corrected chi connectivity index (χ1v) is 6.64. The van der Waals surface area contributed by atoms with E-state index in [1.165, 1.54) is 12.8 Å². The highest BCUT2D eigenvalue weighted by atomic mass is 16.3. The lowest BCUT2D eigenvalue weighted by molar-refractivity contribution is 0.101. The fraction of sp³-hybridized carbons (Fsp3) is 0.714. The Hall–Kier alpha value is -0.800. The summed E-state index contributed by atoms with van der Waals surface area (Å²) >= 11 is 0. The average Bonchev–Trinajstić information content (AvgIpc) is 2.64. The van der Waals surface area contributed by atoms with Crippen LogP contribution in [-0.4, -0.2) is 24.0 Å². The van der Waals surface area contributed by atoms with Crippen molar-refractivity contribution in [2.75, 3.05) is 13.1 Å². The Balaban J connectivity index is 2.17. The van der Waals surface area contributed by atoms with Crippen LogP contribution in [0, 0.1) is 12.8 Å². The zero-order valence-electron chi connectivity index (χ0n) is 11.1. The first-order chi connectivity index (χ1) is 8.08. The van der Waals surface area contributed by atoms with Crippen molar-refractivity contribution in [2.45, 2.75) is 45.7 Å². The number of hydrogen-bond acceptors (Lipinski definition) is 3. The van der Waals surface area contributed by atoms with Crippen molar-refractivity contribution in [1.29, 1.82) is 0 Å². The largest absolute Gasteiger partial charge is 0.465 e. The predicted molar refractivity (Wildman–Crippen MR) is 69.8 cm³/mol. The van der Waals surface area contributed by atoms with Crippen LogP contribution in [0.5, 0.6) is 0 Å². The molecule has 1 fully saturated rings. The van der Waals surface area contributed by atoms with Gasteiger partial charge in [-0.25, -0.2) is 0 Å². The van der Waals surface area contributed by atoms with Crippen molar-refractivity contribution in [3.8, 4) is 0 Å². The van der Waals surface area contributed by atoms with Crippen molar-refractivity contribution in [1.82, 2.24) is 4.90 Å². The van der Waals surface area contributed by atoms with Crippen LogP contribution in [0.4, 0.5) is 0 Å². The second-order valence-corrected chi connectivity index (χ2v) is 5.49. The molecule has 0 saturated carbocycles. The van der Waals surface area contributed by atoms with Crippen LogP contribution in [0.2, 0.25) is 0 Å². The van der Waals surface area contributed by atoms with Crippen LogP contribution in [0.1, 0.15) is 44.3 Å². The second-order valence-electron chi connectivity index (χ2n) is 5.49. The average molecular weight is 236 g/mol. The quantitative estimate of drug-likeness (QED) is 0.877. The SMILES string of the molecule is Cc1ccc(C(C(C)N)N2CCCC(C)C2)o1. The van der Waals surface area contributed by atoms with E-state index in [4.69, 9.17) is 10.2 Å². The summed E-state index contributed by atoms with van der Waals surface area (Å²) in [7, 11) is 0. The van der Waals surface area contributed by atoms with E-state index >= 15 is 0 Å². The van der Waals surface area contributed by atoms with Gasteiger partial charge in [-0.05, 0) is 51.3 Å². The standard InChI is InChI=1S/C14H24N2O/c1-10-5-4-8-16(9-10)14(12(3)15)13-7-6-11(2)17-13/h6-7,10,12,14H,4-5,8-9,15H2,1-3H3. The van der Waals surface area contributed by atoms with Crippen molar-refractivity contribution in [2.24, 2.45) is 11.7 Å². The van der Waals surface area contributed by atoms with Gasteiger partial charge in [0.15, 0.2) is 0 Å². The van der Waals surface area contributed by atoms with Gasteiger partial charge in [-0.2, -0.15) is 0 Å². The van der Waals surface area contributed by atoms with Gasteiger partial charge in [0.05, 0.1) is 6.04 Å². The Morgan fingerprint density at radius 3 is 2.76 bits per heavy atom. The van der Waals surface area contributed by atoms with E-state index < -0.39 is 0 Å². The third kappa shape index (κ3) is 2.90. The molecule has 3 unspecified atom stereocenters. The van der Waals surface area contributed by atoms with E-state index in [1.807, 2.05) is 13.0 Å². The van der Waals surface area contributed by atoms with Gasteiger partial charge in [0, 0.05) is 12.6 Å². The number of piperidine rings is 1. The molecule has 2 rings (SSSR count). The number of likely N-dealkylation sites (tertiary alicyclic amines) is 1. The molecule has 1 aliphatic heterocycles. The molecule has 1 aromatic rings. The van der Waals surface area contributed by atoms with Crippen LogP contribution in [-0.2, 0) is 0 Å². The molecule has 0 spiro atoms. The summed E-state index contributed by atoms with van der Waals surface area (Å²) in [5, 5.41) is 0. The van der Waals surface area contributed by atoms with Gasteiger partial charge in [0.2, 0.25) is 0 Å². The molecule has 0 bridgehead atoms. The van der Waals surface area contributed by atoms with Gasteiger partial charge in [-0.15, -0.1) is 0 Å². The molecule has 96 valence electrons. The molecule has 3 nitrogen and oxygen atoms in total. The fourth-order valence-electron chi connectivity index (χ4n) is 2.86. The molecule has 0 aromatic carbocycles. The third-order valence-electron chi connectivity index (χ3n) is 3.63. The van der Waals surface area contributed by atoms with Gasteiger partial charge in [0.25, 0.3) is 0 Å². The maximum Gasteiger partial charge on any atom is 0.122 e. The van der Waals surface area contributed by atoms with Crippen LogP contribution >= 0.6 is 0 Å². The Bertz CT molecular complexity index is 359. The topological polar surface area (TPSA) is 42.4 Å². The molecule has 3 heteroatoms. The Labute approximate surface area is 104 Å². The van der Waals surface area contributed by atoms with Crippen molar-refractivity contribution in [3.63, 3.8) is 0 Å². The zero-order chi connectivity index (χ0) is 12.4. The number of nitrogens with two attached hydrogens (primary N) is 1. The molecule has 1 aliphatic rings. The van der Waals surface area contributed by atoms with Gasteiger partial charge in [-0.3, -0.25) is 4.90 Å². The summed E-state index contributed by atoms with van der Waals surface area (Å²) in [5.74, 6) is 2.75. The van der Waals surface area contributed by atoms with E-state index in [0.29, 0.717) is 0 Å². The number of nitrogens with zero attached hydrogens (tertiary/aromatic N) is 1. The van der Waals surface area contributed by atoms with Gasteiger partial charge >= 0.3 is 0 Å². The lowest BCUT2D eigenvalue weighted by Gasteiger charge is -2.38. The summed E-state index contributed by atoms with van der Waals surface area (Å²) < 4.78 is 5.77. The highest BCUT2D eigenvalue weighted by molar-refractivity contribution is 5.12. The van der Waals surface area contributed by atoms with Crippen LogP contribution in [0.3, 0.4) is 0 Å². The summed E-state index contributed by atoms with van der Waals surface area (Å²) in [6, 6.07) is 4.43. The molecule has 0 aliphatic carbocycles. The number of aryl methyl sites for hydroxylation is 1. The van der Waals surface area contributed by atoms with Crippen molar-refractivity contribution in [3.05, 3.63) is 23.7 Å². The highest BCUT2D eigenvalue weighted by Crippen LogP contribution is 2.29. The molecular formula is C14H24N2O. The summed E-state index contributed by atoms with van der Waals surface area (Å²) in [6.07, 6.45) is 2.60. The maximum atomic E-state index is 6.15. The highest BCUT2D eigenvalue weighted by Gasteiger charge is 2.29. The van der Waals surface area contributed by atoms with E-state index in [0.717, 1.165) is 30.5 Å². The lowest BCUT2D eigenvalue weighted by atomic mass is 9.96. The van der Waals surface area contributed by atoms with Crippen LogP contribution < -0.4 is 5.73 Å². The van der Waals surface area contributed by atoms with Gasteiger partial charge < -0.3 is 10.2 Å². The van der Waals surface area contributed by atoms with Crippen LogP contribution in [0.25, 0.3) is 0 Å². The second kappa shape index (κ2) is 5.23. The summed E-state index contributed by atoms with van der Waals surface area (Å²) in [6.45, 7) is 8.64. The summed E-state index contributed by atoms with van der Waals surface area (Å²) in [4.78, 5) is 2.48. The normalized spacial score (nSPS) is 25.8. The monoisotopic (exact) mass is 236 g/mol.